The van der Waals surface area contributed by atoms with Gasteiger partial charge in [0.25, 0.3) is 0 Å². The molecule has 3 heteroatoms. The molecule has 0 aromatic carbocycles. The Kier molecular flexibility index (Phi) is 2.66. The van der Waals surface area contributed by atoms with Crippen molar-refractivity contribution in [1.29, 1.82) is 0 Å². The molecule has 2 nitrogen and oxygen atoms in total. The summed E-state index contributed by atoms with van der Waals surface area (Å²) in [6, 6.07) is 3.78. The fraction of sp³-hybridized carbons (Fsp3) is 0.286. The highest BCUT2D eigenvalue weighted by Gasteiger charge is 1.90. The summed E-state index contributed by atoms with van der Waals surface area (Å²) in [4.78, 5) is 3.86. The molecule has 54 valence electrons. The average Bonchev–Trinajstić information content (AvgIpc) is 1.88. The van der Waals surface area contributed by atoms with Gasteiger partial charge in [-0.25, -0.2) is 4.98 Å². The third-order valence-corrected chi connectivity index (χ3v) is 1.38. The van der Waals surface area contributed by atoms with Crippen molar-refractivity contribution >= 4 is 11.6 Å². The lowest BCUT2D eigenvalue weighted by Gasteiger charge is -1.97. The van der Waals surface area contributed by atoms with Crippen molar-refractivity contribution < 1.29 is 0 Å². The Bertz CT molecular complexity index is 213. The Morgan fingerprint density at radius 3 is 3.10 bits per heavy atom. The molecule has 0 aliphatic heterocycles. The van der Waals surface area contributed by atoms with Crippen LogP contribution >= 0.6 is 11.6 Å². The van der Waals surface area contributed by atoms with Gasteiger partial charge in [-0.15, -0.1) is 0 Å². The van der Waals surface area contributed by atoms with E-state index < -0.39 is 0 Å². The highest BCUT2D eigenvalue weighted by molar-refractivity contribution is 6.29. The van der Waals surface area contributed by atoms with Gasteiger partial charge in [-0.3, -0.25) is 0 Å². The van der Waals surface area contributed by atoms with Crippen LogP contribution in [0.5, 0.6) is 0 Å². The van der Waals surface area contributed by atoms with Crippen molar-refractivity contribution in [2.75, 3.05) is 7.05 Å². The molecular weight excluding hydrogens is 148 g/mol. The van der Waals surface area contributed by atoms with Crippen molar-refractivity contribution in [2.45, 2.75) is 6.54 Å². The first kappa shape index (κ1) is 7.51. The van der Waals surface area contributed by atoms with Crippen molar-refractivity contribution in [2.24, 2.45) is 0 Å². The van der Waals surface area contributed by atoms with E-state index in [9.17, 15) is 0 Å². The summed E-state index contributed by atoms with van der Waals surface area (Å²) in [5, 5.41) is 3.57. The zero-order valence-electron chi connectivity index (χ0n) is 5.76. The number of rotatable bonds is 2. The highest BCUT2D eigenvalue weighted by Crippen LogP contribution is 2.05. The van der Waals surface area contributed by atoms with E-state index in [1.807, 2.05) is 19.2 Å². The van der Waals surface area contributed by atoms with Gasteiger partial charge in [0, 0.05) is 12.7 Å². The predicted molar refractivity (Wildman–Crippen MR) is 42.0 cm³/mol. The Balaban J connectivity index is 2.75. The zero-order valence-corrected chi connectivity index (χ0v) is 6.52. The number of pyridine rings is 1. The summed E-state index contributed by atoms with van der Waals surface area (Å²) in [7, 11) is 1.90. The van der Waals surface area contributed by atoms with Crippen LogP contribution in [0.4, 0.5) is 0 Å². The first-order valence-corrected chi connectivity index (χ1v) is 3.46. The second-order valence-electron chi connectivity index (χ2n) is 2.02. The number of hydrogen-bond donors (Lipinski definition) is 1. The first-order chi connectivity index (χ1) is 4.83. The smallest absolute Gasteiger partial charge is 0.129 e. The van der Waals surface area contributed by atoms with E-state index in [-0.39, 0.29) is 0 Å². The fourth-order valence-corrected chi connectivity index (χ4v) is 0.953. The summed E-state index contributed by atoms with van der Waals surface area (Å²) in [5.41, 5.74) is 1.16. The van der Waals surface area contributed by atoms with E-state index in [4.69, 9.17) is 11.6 Å². The van der Waals surface area contributed by atoms with Crippen LogP contribution in [0.15, 0.2) is 18.3 Å². The molecule has 1 aromatic heterocycles. The SMILES string of the molecule is CNCc1ccnc(Cl)c1. The molecule has 10 heavy (non-hydrogen) atoms. The maximum absolute atomic E-state index is 5.64. The van der Waals surface area contributed by atoms with Gasteiger partial charge in [-0.1, -0.05) is 11.6 Å². The number of halogens is 1. The third-order valence-electron chi connectivity index (χ3n) is 1.17. The lowest BCUT2D eigenvalue weighted by Crippen LogP contribution is -2.04. The van der Waals surface area contributed by atoms with E-state index in [0.717, 1.165) is 12.1 Å². The molecule has 0 spiro atoms. The van der Waals surface area contributed by atoms with Crippen LogP contribution in [-0.2, 0) is 6.54 Å². The Morgan fingerprint density at radius 1 is 1.70 bits per heavy atom. The second kappa shape index (κ2) is 3.54. The minimum Gasteiger partial charge on any atom is -0.316 e. The van der Waals surface area contributed by atoms with Crippen LogP contribution in [0, 0.1) is 0 Å². The maximum atomic E-state index is 5.64. The van der Waals surface area contributed by atoms with E-state index in [1.165, 1.54) is 0 Å². The summed E-state index contributed by atoms with van der Waals surface area (Å²) in [5.74, 6) is 0. The zero-order chi connectivity index (χ0) is 7.40. The number of hydrogen-bond acceptors (Lipinski definition) is 2. The van der Waals surface area contributed by atoms with Crippen LogP contribution in [0.25, 0.3) is 0 Å². The van der Waals surface area contributed by atoms with E-state index in [1.54, 1.807) is 6.20 Å². The highest BCUT2D eigenvalue weighted by atomic mass is 35.5. The van der Waals surface area contributed by atoms with Crippen molar-refractivity contribution in [3.8, 4) is 0 Å². The Hall–Kier alpha value is -0.600. The van der Waals surface area contributed by atoms with Gasteiger partial charge >= 0.3 is 0 Å². The molecule has 1 heterocycles. The van der Waals surface area contributed by atoms with E-state index >= 15 is 0 Å². The van der Waals surface area contributed by atoms with Crippen LogP contribution < -0.4 is 5.32 Å². The van der Waals surface area contributed by atoms with Crippen LogP contribution in [0.2, 0.25) is 5.15 Å². The molecule has 0 saturated heterocycles. The minimum atomic E-state index is 0.549. The molecule has 0 atom stereocenters. The van der Waals surface area contributed by atoms with Crippen molar-refractivity contribution in [3.63, 3.8) is 0 Å². The monoisotopic (exact) mass is 156 g/mol. The number of nitrogens with one attached hydrogen (secondary N) is 1. The van der Waals surface area contributed by atoms with Gasteiger partial charge in [-0.2, -0.15) is 0 Å². The van der Waals surface area contributed by atoms with Crippen molar-refractivity contribution in [3.05, 3.63) is 29.0 Å². The predicted octanol–water partition coefficient (Wildman–Crippen LogP) is 1.45. The molecule has 0 radical (unpaired) electrons. The van der Waals surface area contributed by atoms with Gasteiger partial charge in [-0.05, 0) is 24.7 Å². The lowest BCUT2D eigenvalue weighted by molar-refractivity contribution is 0.816. The normalized spacial score (nSPS) is 9.80. The van der Waals surface area contributed by atoms with E-state index in [0.29, 0.717) is 5.15 Å². The molecule has 1 aromatic rings. The standard InChI is InChI=1S/C7H9ClN2/c1-9-5-6-2-3-10-7(8)4-6/h2-4,9H,5H2,1H3. The Morgan fingerprint density at radius 2 is 2.50 bits per heavy atom. The van der Waals surface area contributed by atoms with Crippen molar-refractivity contribution in [1.82, 2.24) is 10.3 Å². The van der Waals surface area contributed by atoms with Crippen LogP contribution in [0.3, 0.4) is 0 Å². The van der Waals surface area contributed by atoms with Gasteiger partial charge in [0.05, 0.1) is 0 Å². The number of aromatic nitrogens is 1. The number of nitrogens with zero attached hydrogens (tertiary/aromatic N) is 1. The molecule has 0 unspecified atom stereocenters. The second-order valence-corrected chi connectivity index (χ2v) is 2.40. The summed E-state index contributed by atoms with van der Waals surface area (Å²) >= 11 is 5.64. The Labute approximate surface area is 65.2 Å². The molecule has 0 saturated carbocycles. The fourth-order valence-electron chi connectivity index (χ4n) is 0.757. The van der Waals surface area contributed by atoms with Gasteiger partial charge in [0.15, 0.2) is 0 Å². The molecule has 1 N–H and O–H groups in total. The summed E-state index contributed by atoms with van der Waals surface area (Å²) < 4.78 is 0. The van der Waals surface area contributed by atoms with Gasteiger partial charge in [0.2, 0.25) is 0 Å². The van der Waals surface area contributed by atoms with Gasteiger partial charge < -0.3 is 5.32 Å². The van der Waals surface area contributed by atoms with E-state index in [2.05, 4.69) is 10.3 Å². The largest absolute Gasteiger partial charge is 0.316 e. The van der Waals surface area contributed by atoms with Gasteiger partial charge in [0.1, 0.15) is 5.15 Å². The lowest BCUT2D eigenvalue weighted by atomic mass is 10.3. The molecule has 1 rings (SSSR count). The summed E-state index contributed by atoms with van der Waals surface area (Å²) in [6.45, 7) is 0.836. The molecule has 0 aliphatic carbocycles. The molecule has 0 aliphatic rings. The average molecular weight is 157 g/mol. The third kappa shape index (κ3) is 1.97. The van der Waals surface area contributed by atoms with Crippen LogP contribution in [-0.4, -0.2) is 12.0 Å². The van der Waals surface area contributed by atoms with Crippen LogP contribution in [0.1, 0.15) is 5.56 Å². The first-order valence-electron chi connectivity index (χ1n) is 3.08. The molecular formula is C7H9ClN2. The maximum Gasteiger partial charge on any atom is 0.129 e. The summed E-state index contributed by atoms with van der Waals surface area (Å²) in [6.07, 6.45) is 1.70. The topological polar surface area (TPSA) is 24.9 Å². The quantitative estimate of drug-likeness (QED) is 0.656. The molecule has 0 fully saturated rings. The minimum absolute atomic E-state index is 0.549. The molecule has 0 amide bonds. The molecule has 0 bridgehead atoms.